The molecule has 0 aromatic heterocycles. The highest BCUT2D eigenvalue weighted by Crippen LogP contribution is 2.26. The van der Waals surface area contributed by atoms with Crippen LogP contribution in [-0.4, -0.2) is 14.2 Å². The molecular formula is C11H11FO2. The zero-order valence-corrected chi connectivity index (χ0v) is 8.35. The Bertz CT molecular complexity index is 388. The van der Waals surface area contributed by atoms with Crippen molar-refractivity contribution in [2.24, 2.45) is 0 Å². The van der Waals surface area contributed by atoms with E-state index in [0.717, 1.165) is 0 Å². The Morgan fingerprint density at radius 1 is 1.21 bits per heavy atom. The fourth-order valence-electron chi connectivity index (χ4n) is 1.06. The van der Waals surface area contributed by atoms with Gasteiger partial charge in [-0.05, 0) is 13.0 Å². The van der Waals surface area contributed by atoms with Crippen LogP contribution in [0.25, 0.3) is 0 Å². The molecule has 0 bridgehead atoms. The van der Waals surface area contributed by atoms with Gasteiger partial charge in [-0.25, -0.2) is 4.39 Å². The molecule has 1 aromatic rings. The van der Waals surface area contributed by atoms with Crippen LogP contribution < -0.4 is 9.47 Å². The van der Waals surface area contributed by atoms with Gasteiger partial charge in [-0.15, -0.1) is 5.92 Å². The Hall–Kier alpha value is -1.69. The minimum atomic E-state index is -0.456. The Labute approximate surface area is 82.6 Å². The molecule has 0 heterocycles. The van der Waals surface area contributed by atoms with E-state index in [2.05, 4.69) is 11.8 Å². The highest BCUT2D eigenvalue weighted by Gasteiger charge is 2.09. The lowest BCUT2D eigenvalue weighted by Crippen LogP contribution is -1.94. The summed E-state index contributed by atoms with van der Waals surface area (Å²) >= 11 is 0. The van der Waals surface area contributed by atoms with Crippen molar-refractivity contribution in [2.45, 2.75) is 6.92 Å². The van der Waals surface area contributed by atoms with Crippen LogP contribution in [0.2, 0.25) is 0 Å². The second-order valence-electron chi connectivity index (χ2n) is 2.57. The van der Waals surface area contributed by atoms with E-state index in [0.29, 0.717) is 5.75 Å². The maximum absolute atomic E-state index is 13.5. The van der Waals surface area contributed by atoms with Crippen molar-refractivity contribution in [1.29, 1.82) is 0 Å². The minimum absolute atomic E-state index is 0.141. The number of hydrogen-bond donors (Lipinski definition) is 0. The molecule has 0 aliphatic carbocycles. The lowest BCUT2D eigenvalue weighted by atomic mass is 10.2. The van der Waals surface area contributed by atoms with Crippen molar-refractivity contribution in [3.05, 3.63) is 23.5 Å². The predicted octanol–water partition coefficient (Wildman–Crippen LogP) is 2.21. The molecule has 74 valence electrons. The molecule has 0 spiro atoms. The fraction of sp³-hybridized carbons (Fsp3) is 0.273. The zero-order valence-electron chi connectivity index (χ0n) is 8.35. The SMILES string of the molecule is CC#Cc1cc(OC)cc(OC)c1F. The third-order valence-corrected chi connectivity index (χ3v) is 1.73. The first-order valence-corrected chi connectivity index (χ1v) is 4.07. The monoisotopic (exact) mass is 194 g/mol. The van der Waals surface area contributed by atoms with Gasteiger partial charge in [-0.3, -0.25) is 0 Å². The van der Waals surface area contributed by atoms with Crippen LogP contribution in [0.3, 0.4) is 0 Å². The van der Waals surface area contributed by atoms with Crippen LogP contribution in [0.1, 0.15) is 12.5 Å². The number of halogens is 1. The second-order valence-corrected chi connectivity index (χ2v) is 2.57. The standard InChI is InChI=1S/C11H11FO2/c1-4-5-8-6-9(13-2)7-10(14-3)11(8)12/h6-7H,1-3H3. The van der Waals surface area contributed by atoms with E-state index in [4.69, 9.17) is 9.47 Å². The number of methoxy groups -OCH3 is 2. The van der Waals surface area contributed by atoms with Gasteiger partial charge in [0.25, 0.3) is 0 Å². The number of ether oxygens (including phenoxy) is 2. The summed E-state index contributed by atoms with van der Waals surface area (Å²) in [4.78, 5) is 0. The molecule has 0 saturated carbocycles. The molecule has 3 heteroatoms. The smallest absolute Gasteiger partial charge is 0.180 e. The molecule has 0 aliphatic heterocycles. The van der Waals surface area contributed by atoms with E-state index in [-0.39, 0.29) is 11.3 Å². The maximum atomic E-state index is 13.5. The Morgan fingerprint density at radius 3 is 2.43 bits per heavy atom. The summed E-state index contributed by atoms with van der Waals surface area (Å²) in [6.45, 7) is 1.64. The average Bonchev–Trinajstić information content (AvgIpc) is 2.21. The van der Waals surface area contributed by atoms with Gasteiger partial charge in [0.15, 0.2) is 11.6 Å². The molecule has 1 rings (SSSR count). The van der Waals surface area contributed by atoms with Crippen molar-refractivity contribution in [2.75, 3.05) is 14.2 Å². The highest BCUT2D eigenvalue weighted by molar-refractivity contribution is 5.47. The Kier molecular flexibility index (Phi) is 3.35. The second kappa shape index (κ2) is 4.52. The summed E-state index contributed by atoms with van der Waals surface area (Å²) in [5.41, 5.74) is 0.281. The molecule has 0 saturated heterocycles. The van der Waals surface area contributed by atoms with E-state index >= 15 is 0 Å². The summed E-state index contributed by atoms with van der Waals surface area (Å²) in [6.07, 6.45) is 0. The lowest BCUT2D eigenvalue weighted by Gasteiger charge is -2.06. The zero-order chi connectivity index (χ0) is 10.6. The molecule has 0 radical (unpaired) electrons. The summed E-state index contributed by atoms with van der Waals surface area (Å²) in [5.74, 6) is 5.48. The molecule has 1 aromatic carbocycles. The topological polar surface area (TPSA) is 18.5 Å². The van der Waals surface area contributed by atoms with Gasteiger partial charge in [0.2, 0.25) is 0 Å². The highest BCUT2D eigenvalue weighted by atomic mass is 19.1. The van der Waals surface area contributed by atoms with E-state index in [1.807, 2.05) is 0 Å². The van der Waals surface area contributed by atoms with Gasteiger partial charge in [0.05, 0.1) is 19.8 Å². The van der Waals surface area contributed by atoms with Crippen molar-refractivity contribution in [3.8, 4) is 23.3 Å². The quantitative estimate of drug-likeness (QED) is 0.672. The fourth-order valence-corrected chi connectivity index (χ4v) is 1.06. The van der Waals surface area contributed by atoms with Gasteiger partial charge in [0, 0.05) is 6.07 Å². The van der Waals surface area contributed by atoms with Crippen LogP contribution in [0, 0.1) is 17.7 Å². The predicted molar refractivity (Wildman–Crippen MR) is 52.1 cm³/mol. The van der Waals surface area contributed by atoms with Gasteiger partial charge in [-0.1, -0.05) is 5.92 Å². The van der Waals surface area contributed by atoms with Crippen molar-refractivity contribution < 1.29 is 13.9 Å². The van der Waals surface area contributed by atoms with Crippen LogP contribution >= 0.6 is 0 Å². The third kappa shape index (κ3) is 1.97. The molecular weight excluding hydrogens is 183 g/mol. The number of hydrogen-bond acceptors (Lipinski definition) is 2. The van der Waals surface area contributed by atoms with E-state index in [1.54, 1.807) is 6.92 Å². The third-order valence-electron chi connectivity index (χ3n) is 1.73. The Morgan fingerprint density at radius 2 is 1.93 bits per heavy atom. The lowest BCUT2D eigenvalue weighted by molar-refractivity contribution is 0.373. The van der Waals surface area contributed by atoms with Crippen molar-refractivity contribution in [3.63, 3.8) is 0 Å². The number of benzene rings is 1. The van der Waals surface area contributed by atoms with Crippen molar-refractivity contribution >= 4 is 0 Å². The molecule has 0 N–H and O–H groups in total. The summed E-state index contributed by atoms with van der Waals surface area (Å²) in [7, 11) is 2.91. The van der Waals surface area contributed by atoms with Crippen LogP contribution in [0.5, 0.6) is 11.5 Å². The molecule has 0 unspecified atom stereocenters. The summed E-state index contributed by atoms with van der Waals surface area (Å²) in [5, 5.41) is 0. The van der Waals surface area contributed by atoms with E-state index in [1.165, 1.54) is 26.4 Å². The normalized spacial score (nSPS) is 8.86. The van der Waals surface area contributed by atoms with Gasteiger partial charge in [0.1, 0.15) is 5.75 Å². The Balaban J connectivity index is 3.31. The number of rotatable bonds is 2. The van der Waals surface area contributed by atoms with Crippen LogP contribution in [0.4, 0.5) is 4.39 Å². The molecule has 2 nitrogen and oxygen atoms in total. The summed E-state index contributed by atoms with van der Waals surface area (Å²) in [6, 6.07) is 3.02. The van der Waals surface area contributed by atoms with Crippen LogP contribution in [-0.2, 0) is 0 Å². The van der Waals surface area contributed by atoms with Crippen molar-refractivity contribution in [1.82, 2.24) is 0 Å². The molecule has 14 heavy (non-hydrogen) atoms. The maximum Gasteiger partial charge on any atom is 0.180 e. The first-order chi connectivity index (χ1) is 6.72. The molecule has 0 fully saturated rings. The largest absolute Gasteiger partial charge is 0.497 e. The molecule has 0 amide bonds. The van der Waals surface area contributed by atoms with Gasteiger partial charge in [-0.2, -0.15) is 0 Å². The summed E-state index contributed by atoms with van der Waals surface area (Å²) < 4.78 is 23.3. The molecule has 0 atom stereocenters. The average molecular weight is 194 g/mol. The van der Waals surface area contributed by atoms with Crippen LogP contribution in [0.15, 0.2) is 12.1 Å². The van der Waals surface area contributed by atoms with E-state index < -0.39 is 5.82 Å². The van der Waals surface area contributed by atoms with E-state index in [9.17, 15) is 4.39 Å². The van der Waals surface area contributed by atoms with Gasteiger partial charge < -0.3 is 9.47 Å². The molecule has 0 aliphatic rings. The minimum Gasteiger partial charge on any atom is -0.497 e. The first-order valence-electron chi connectivity index (χ1n) is 4.07. The first kappa shape index (κ1) is 10.4. The van der Waals surface area contributed by atoms with Gasteiger partial charge >= 0.3 is 0 Å².